The molecular formula is C10H14N2O2S2. The molecule has 0 aromatic carbocycles. The standard InChI is InChI=1S/C10H14N2O2S2/c13-16(14,9-7-15-8-11-9)12-6-2-5-10(12)3-1-4-10/h7-8H,1-6H2. The van der Waals surface area contributed by atoms with Crippen LogP contribution >= 0.6 is 11.3 Å². The molecule has 6 heteroatoms. The second-order valence-corrected chi connectivity index (χ2v) is 7.11. The van der Waals surface area contributed by atoms with E-state index in [4.69, 9.17) is 0 Å². The van der Waals surface area contributed by atoms with Crippen LogP contribution in [0.3, 0.4) is 0 Å². The first-order valence-corrected chi connectivity index (χ1v) is 7.95. The third-order valence-corrected chi connectivity index (χ3v) is 6.42. The van der Waals surface area contributed by atoms with E-state index in [0.29, 0.717) is 6.54 Å². The molecule has 3 rings (SSSR count). The van der Waals surface area contributed by atoms with Gasteiger partial charge in [0.2, 0.25) is 0 Å². The maximum Gasteiger partial charge on any atom is 0.261 e. The molecule has 2 fully saturated rings. The third kappa shape index (κ3) is 1.36. The van der Waals surface area contributed by atoms with Gasteiger partial charge in [-0.1, -0.05) is 0 Å². The van der Waals surface area contributed by atoms with E-state index in [1.807, 2.05) is 0 Å². The molecule has 1 saturated heterocycles. The van der Waals surface area contributed by atoms with Crippen molar-refractivity contribution in [2.75, 3.05) is 6.54 Å². The number of rotatable bonds is 2. The molecule has 4 nitrogen and oxygen atoms in total. The van der Waals surface area contributed by atoms with Gasteiger partial charge in [0, 0.05) is 17.5 Å². The smallest absolute Gasteiger partial charge is 0.232 e. The van der Waals surface area contributed by atoms with Gasteiger partial charge in [-0.15, -0.1) is 11.3 Å². The fourth-order valence-electron chi connectivity index (χ4n) is 2.81. The minimum atomic E-state index is -3.33. The van der Waals surface area contributed by atoms with Crippen LogP contribution in [0.2, 0.25) is 0 Å². The largest absolute Gasteiger partial charge is 0.261 e. The maximum absolute atomic E-state index is 12.4. The molecule has 2 aliphatic rings. The lowest BCUT2D eigenvalue weighted by Crippen LogP contribution is -2.51. The number of sulfonamides is 1. The van der Waals surface area contributed by atoms with E-state index in [0.717, 1.165) is 32.1 Å². The molecule has 0 atom stereocenters. The molecule has 88 valence electrons. The first kappa shape index (κ1) is 10.7. The summed E-state index contributed by atoms with van der Waals surface area (Å²) in [5.74, 6) is 0. The summed E-state index contributed by atoms with van der Waals surface area (Å²) >= 11 is 1.33. The number of hydrogen-bond donors (Lipinski definition) is 0. The molecule has 0 N–H and O–H groups in total. The zero-order valence-electron chi connectivity index (χ0n) is 8.92. The molecule has 16 heavy (non-hydrogen) atoms. The van der Waals surface area contributed by atoms with Crippen LogP contribution in [0.25, 0.3) is 0 Å². The topological polar surface area (TPSA) is 50.3 Å². The Bertz CT molecular complexity index is 477. The SMILES string of the molecule is O=S(=O)(c1cscn1)N1CCCC12CCC2. The highest BCUT2D eigenvalue weighted by atomic mass is 32.2. The van der Waals surface area contributed by atoms with Gasteiger partial charge in [0.05, 0.1) is 5.51 Å². The van der Waals surface area contributed by atoms with Crippen molar-refractivity contribution in [1.82, 2.24) is 9.29 Å². The van der Waals surface area contributed by atoms with Crippen LogP contribution in [0.15, 0.2) is 15.9 Å². The number of thiazole rings is 1. The monoisotopic (exact) mass is 258 g/mol. The molecule has 1 aromatic rings. The molecule has 0 amide bonds. The molecule has 0 unspecified atom stereocenters. The maximum atomic E-state index is 12.4. The molecule has 1 saturated carbocycles. The summed E-state index contributed by atoms with van der Waals surface area (Å²) in [5.41, 5.74) is 1.53. The van der Waals surface area contributed by atoms with Crippen LogP contribution in [0.4, 0.5) is 0 Å². The average Bonchev–Trinajstić information content (AvgIpc) is 2.86. The first-order valence-electron chi connectivity index (χ1n) is 5.56. The van der Waals surface area contributed by atoms with Crippen LogP contribution in [0, 0.1) is 0 Å². The van der Waals surface area contributed by atoms with E-state index < -0.39 is 10.0 Å². The zero-order valence-corrected chi connectivity index (χ0v) is 10.6. The van der Waals surface area contributed by atoms with Gasteiger partial charge >= 0.3 is 0 Å². The average molecular weight is 258 g/mol. The number of nitrogens with zero attached hydrogens (tertiary/aromatic N) is 2. The van der Waals surface area contributed by atoms with Crippen molar-refractivity contribution in [3.8, 4) is 0 Å². The van der Waals surface area contributed by atoms with Crippen LogP contribution in [-0.4, -0.2) is 29.8 Å². The van der Waals surface area contributed by atoms with Crippen LogP contribution < -0.4 is 0 Å². The van der Waals surface area contributed by atoms with E-state index in [1.54, 1.807) is 15.2 Å². The normalized spacial score (nSPS) is 24.8. The second kappa shape index (κ2) is 3.51. The van der Waals surface area contributed by atoms with Crippen molar-refractivity contribution < 1.29 is 8.42 Å². The fourth-order valence-corrected chi connectivity index (χ4v) is 5.51. The van der Waals surface area contributed by atoms with E-state index in [-0.39, 0.29) is 10.6 Å². The number of hydrogen-bond acceptors (Lipinski definition) is 4. The van der Waals surface area contributed by atoms with Gasteiger partial charge < -0.3 is 0 Å². The van der Waals surface area contributed by atoms with Crippen molar-refractivity contribution in [2.24, 2.45) is 0 Å². The minimum Gasteiger partial charge on any atom is -0.232 e. The van der Waals surface area contributed by atoms with Gasteiger partial charge in [-0.05, 0) is 32.1 Å². The van der Waals surface area contributed by atoms with Gasteiger partial charge in [-0.3, -0.25) is 0 Å². The van der Waals surface area contributed by atoms with Crippen LogP contribution in [-0.2, 0) is 10.0 Å². The highest BCUT2D eigenvalue weighted by molar-refractivity contribution is 7.89. The Hall–Kier alpha value is -0.460. The van der Waals surface area contributed by atoms with Gasteiger partial charge in [-0.2, -0.15) is 4.31 Å². The summed E-state index contributed by atoms with van der Waals surface area (Å²) < 4.78 is 26.5. The Balaban J connectivity index is 1.98. The Morgan fingerprint density at radius 3 is 2.62 bits per heavy atom. The predicted molar refractivity (Wildman–Crippen MR) is 61.8 cm³/mol. The lowest BCUT2D eigenvalue weighted by molar-refractivity contribution is 0.127. The molecule has 0 radical (unpaired) electrons. The lowest BCUT2D eigenvalue weighted by Gasteiger charge is -2.44. The van der Waals surface area contributed by atoms with Gasteiger partial charge in [0.25, 0.3) is 10.0 Å². The summed E-state index contributed by atoms with van der Waals surface area (Å²) in [4.78, 5) is 3.95. The Morgan fingerprint density at radius 2 is 2.06 bits per heavy atom. The van der Waals surface area contributed by atoms with Crippen molar-refractivity contribution in [3.63, 3.8) is 0 Å². The Labute approximate surface area is 99.4 Å². The Morgan fingerprint density at radius 1 is 1.31 bits per heavy atom. The summed E-state index contributed by atoms with van der Waals surface area (Å²) in [6.45, 7) is 0.667. The minimum absolute atomic E-state index is 0.0531. The highest BCUT2D eigenvalue weighted by Crippen LogP contribution is 2.47. The molecular weight excluding hydrogens is 244 g/mol. The van der Waals surface area contributed by atoms with Crippen LogP contribution in [0.5, 0.6) is 0 Å². The van der Waals surface area contributed by atoms with Gasteiger partial charge in [0.1, 0.15) is 0 Å². The number of aromatic nitrogens is 1. The molecule has 0 bridgehead atoms. The van der Waals surface area contributed by atoms with E-state index in [2.05, 4.69) is 4.98 Å². The van der Waals surface area contributed by atoms with E-state index >= 15 is 0 Å². The predicted octanol–water partition coefficient (Wildman–Crippen LogP) is 1.85. The first-order chi connectivity index (χ1) is 7.65. The molecule has 1 aromatic heterocycles. The van der Waals surface area contributed by atoms with Crippen molar-refractivity contribution >= 4 is 21.4 Å². The summed E-state index contributed by atoms with van der Waals surface area (Å²) in [6, 6.07) is 0. The fraction of sp³-hybridized carbons (Fsp3) is 0.700. The molecule has 1 aliphatic carbocycles. The zero-order chi connectivity index (χ0) is 11.2. The van der Waals surface area contributed by atoms with Gasteiger partial charge in [0.15, 0.2) is 5.03 Å². The third-order valence-electron chi connectivity index (χ3n) is 3.78. The van der Waals surface area contributed by atoms with E-state index in [1.165, 1.54) is 11.3 Å². The summed E-state index contributed by atoms with van der Waals surface area (Å²) in [7, 11) is -3.33. The van der Waals surface area contributed by atoms with E-state index in [9.17, 15) is 8.42 Å². The Kier molecular flexibility index (Phi) is 2.35. The van der Waals surface area contributed by atoms with Crippen molar-refractivity contribution in [2.45, 2.75) is 42.7 Å². The quantitative estimate of drug-likeness (QED) is 0.813. The molecule has 1 spiro atoms. The molecule has 2 heterocycles. The van der Waals surface area contributed by atoms with Crippen molar-refractivity contribution in [1.29, 1.82) is 0 Å². The van der Waals surface area contributed by atoms with Crippen LogP contribution in [0.1, 0.15) is 32.1 Å². The lowest BCUT2D eigenvalue weighted by atomic mass is 9.76. The van der Waals surface area contributed by atoms with Crippen molar-refractivity contribution in [3.05, 3.63) is 10.9 Å². The summed E-state index contributed by atoms with van der Waals surface area (Å²) in [5, 5.41) is 1.85. The summed E-state index contributed by atoms with van der Waals surface area (Å²) in [6.07, 6.45) is 5.22. The van der Waals surface area contributed by atoms with Gasteiger partial charge in [-0.25, -0.2) is 13.4 Å². The second-order valence-electron chi connectivity index (χ2n) is 4.59. The highest BCUT2D eigenvalue weighted by Gasteiger charge is 2.51. The molecule has 1 aliphatic heterocycles.